The minimum absolute atomic E-state index is 0.143. The van der Waals surface area contributed by atoms with E-state index in [-0.39, 0.29) is 18.5 Å². The molecule has 118 valence electrons. The largest absolute Gasteiger partial charge is 0.325 e. The molecule has 2 fully saturated rings. The molecule has 0 saturated carbocycles. The van der Waals surface area contributed by atoms with E-state index in [0.717, 1.165) is 11.4 Å². The Bertz CT molecular complexity index is 754. The van der Waals surface area contributed by atoms with Crippen LogP contribution in [0.2, 0.25) is 0 Å². The van der Waals surface area contributed by atoms with Crippen molar-refractivity contribution < 1.29 is 9.59 Å². The Morgan fingerprint density at radius 3 is 2.83 bits per heavy atom. The van der Waals surface area contributed by atoms with Crippen molar-refractivity contribution in [1.29, 1.82) is 0 Å². The average molecular weight is 329 g/mol. The molecular formula is C15H15N5O2S. The average Bonchev–Trinajstić information content (AvgIpc) is 3.27. The zero-order valence-electron chi connectivity index (χ0n) is 12.3. The molecule has 0 radical (unpaired) electrons. The van der Waals surface area contributed by atoms with Gasteiger partial charge in [-0.15, -0.1) is 0 Å². The lowest BCUT2D eigenvalue weighted by Crippen LogP contribution is -2.46. The minimum Gasteiger partial charge on any atom is -0.322 e. The van der Waals surface area contributed by atoms with Crippen molar-refractivity contribution in [3.8, 4) is 5.69 Å². The zero-order chi connectivity index (χ0) is 15.9. The van der Waals surface area contributed by atoms with Crippen LogP contribution in [-0.4, -0.2) is 48.9 Å². The van der Waals surface area contributed by atoms with Crippen molar-refractivity contribution >= 4 is 23.7 Å². The van der Waals surface area contributed by atoms with Gasteiger partial charge in [0.1, 0.15) is 11.2 Å². The van der Waals surface area contributed by atoms with Gasteiger partial charge >= 0.3 is 6.03 Å². The Balaban J connectivity index is 1.54. The van der Waals surface area contributed by atoms with Crippen molar-refractivity contribution in [2.75, 3.05) is 11.5 Å². The van der Waals surface area contributed by atoms with Crippen LogP contribution in [0, 0.1) is 0 Å². The van der Waals surface area contributed by atoms with E-state index in [1.807, 2.05) is 30.3 Å². The predicted octanol–water partition coefficient (Wildman–Crippen LogP) is 1.19. The third kappa shape index (κ3) is 2.39. The summed E-state index contributed by atoms with van der Waals surface area (Å²) in [6.45, 7) is 0.143. The van der Waals surface area contributed by atoms with E-state index in [4.69, 9.17) is 0 Å². The summed E-state index contributed by atoms with van der Waals surface area (Å²) in [5.41, 5.74) is 0.705. The van der Waals surface area contributed by atoms with Gasteiger partial charge in [0.2, 0.25) is 0 Å². The quantitative estimate of drug-likeness (QED) is 0.856. The maximum Gasteiger partial charge on any atom is 0.325 e. The molecule has 8 heteroatoms. The van der Waals surface area contributed by atoms with Gasteiger partial charge in [-0.25, -0.2) is 4.79 Å². The minimum atomic E-state index is -0.711. The Morgan fingerprint density at radius 2 is 2.09 bits per heavy atom. The lowest BCUT2D eigenvalue weighted by atomic mass is 9.99. The first-order valence-electron chi connectivity index (χ1n) is 7.36. The number of para-hydroxylation sites is 1. The van der Waals surface area contributed by atoms with Crippen LogP contribution in [0.3, 0.4) is 0 Å². The summed E-state index contributed by atoms with van der Waals surface area (Å²) in [4.78, 5) is 27.5. The summed E-state index contributed by atoms with van der Waals surface area (Å²) in [6.07, 6.45) is 2.28. The molecule has 7 nitrogen and oxygen atoms in total. The summed E-state index contributed by atoms with van der Waals surface area (Å²) in [5.74, 6) is 1.39. The fourth-order valence-corrected chi connectivity index (χ4v) is 4.19. The molecule has 1 atom stereocenters. The molecule has 1 aromatic carbocycles. The molecule has 2 saturated heterocycles. The number of carbonyl (C=O) groups excluding carboxylic acids is 2. The van der Waals surface area contributed by atoms with Crippen LogP contribution in [0.5, 0.6) is 0 Å². The highest BCUT2D eigenvalue weighted by Gasteiger charge is 2.52. The smallest absolute Gasteiger partial charge is 0.322 e. The lowest BCUT2D eigenvalue weighted by molar-refractivity contribution is -0.130. The molecule has 3 heterocycles. The van der Waals surface area contributed by atoms with Crippen LogP contribution >= 0.6 is 11.8 Å². The molecule has 3 amide bonds. The van der Waals surface area contributed by atoms with Crippen molar-refractivity contribution in [1.82, 2.24) is 25.2 Å². The number of amides is 3. The second-order valence-electron chi connectivity index (χ2n) is 5.67. The van der Waals surface area contributed by atoms with Crippen molar-refractivity contribution in [2.45, 2.75) is 18.5 Å². The molecule has 1 aromatic heterocycles. The van der Waals surface area contributed by atoms with E-state index >= 15 is 0 Å². The number of urea groups is 1. The van der Waals surface area contributed by atoms with Gasteiger partial charge in [-0.05, 0) is 24.3 Å². The first kappa shape index (κ1) is 14.3. The molecule has 1 N–H and O–H groups in total. The van der Waals surface area contributed by atoms with Crippen LogP contribution in [-0.2, 0) is 11.3 Å². The lowest BCUT2D eigenvalue weighted by Gasteiger charge is -2.18. The number of imide groups is 1. The van der Waals surface area contributed by atoms with Gasteiger partial charge in [-0.3, -0.25) is 9.69 Å². The highest BCUT2D eigenvalue weighted by molar-refractivity contribution is 7.99. The summed E-state index contributed by atoms with van der Waals surface area (Å²) >= 11 is 1.69. The number of nitrogens with one attached hydrogen (secondary N) is 1. The summed E-state index contributed by atoms with van der Waals surface area (Å²) in [6, 6.07) is 9.16. The van der Waals surface area contributed by atoms with Crippen molar-refractivity contribution in [2.24, 2.45) is 0 Å². The SMILES string of the molecule is O=C1NC2(CCSC2)C(=O)N1Cc1cnn(-c2ccccc2)n1. The Hall–Kier alpha value is -2.35. The number of carbonyl (C=O) groups is 2. The summed E-state index contributed by atoms with van der Waals surface area (Å²) in [5, 5.41) is 11.4. The second-order valence-corrected chi connectivity index (χ2v) is 6.77. The topological polar surface area (TPSA) is 80.1 Å². The molecule has 0 aliphatic carbocycles. The van der Waals surface area contributed by atoms with Crippen molar-refractivity contribution in [3.63, 3.8) is 0 Å². The molecule has 2 aliphatic heterocycles. The summed E-state index contributed by atoms with van der Waals surface area (Å²) in [7, 11) is 0. The van der Waals surface area contributed by atoms with E-state index < -0.39 is 5.54 Å². The Morgan fingerprint density at radius 1 is 1.26 bits per heavy atom. The molecule has 0 bridgehead atoms. The fourth-order valence-electron chi connectivity index (χ4n) is 2.87. The molecule has 2 aromatic rings. The maximum absolute atomic E-state index is 12.6. The molecule has 2 aliphatic rings. The van der Waals surface area contributed by atoms with Crippen LogP contribution in [0.15, 0.2) is 36.5 Å². The standard InChI is InChI=1S/C15H15N5O2S/c21-13-15(6-7-23-10-15)17-14(22)19(13)9-11-8-16-20(18-11)12-4-2-1-3-5-12/h1-5,8H,6-7,9-10H2,(H,17,22). The van der Waals surface area contributed by atoms with E-state index in [0.29, 0.717) is 17.9 Å². The number of aromatic nitrogens is 3. The maximum atomic E-state index is 12.6. The van der Waals surface area contributed by atoms with Gasteiger partial charge in [0.15, 0.2) is 0 Å². The normalized spacial score (nSPS) is 23.7. The number of hydrogen-bond donors (Lipinski definition) is 1. The molecular weight excluding hydrogens is 314 g/mol. The van der Waals surface area contributed by atoms with Gasteiger partial charge in [-0.1, -0.05) is 18.2 Å². The van der Waals surface area contributed by atoms with Crippen LogP contribution in [0.25, 0.3) is 5.69 Å². The van der Waals surface area contributed by atoms with Crippen LogP contribution in [0.4, 0.5) is 4.79 Å². The van der Waals surface area contributed by atoms with E-state index in [9.17, 15) is 9.59 Å². The Kier molecular flexibility index (Phi) is 3.33. The number of nitrogens with zero attached hydrogens (tertiary/aromatic N) is 4. The van der Waals surface area contributed by atoms with Crippen LogP contribution in [0.1, 0.15) is 12.1 Å². The predicted molar refractivity (Wildman–Crippen MR) is 85.1 cm³/mol. The highest BCUT2D eigenvalue weighted by atomic mass is 32.2. The van der Waals surface area contributed by atoms with E-state index in [1.54, 1.807) is 18.0 Å². The molecule has 23 heavy (non-hydrogen) atoms. The molecule has 1 spiro atoms. The first-order chi connectivity index (χ1) is 11.2. The van der Waals surface area contributed by atoms with Crippen molar-refractivity contribution in [3.05, 3.63) is 42.2 Å². The third-order valence-corrected chi connectivity index (χ3v) is 5.30. The zero-order valence-corrected chi connectivity index (χ0v) is 13.1. The van der Waals surface area contributed by atoms with E-state index in [2.05, 4.69) is 15.5 Å². The highest BCUT2D eigenvalue weighted by Crippen LogP contribution is 2.33. The number of benzene rings is 1. The van der Waals surface area contributed by atoms with Gasteiger partial charge in [0.25, 0.3) is 5.91 Å². The van der Waals surface area contributed by atoms with Gasteiger partial charge in [-0.2, -0.15) is 26.8 Å². The number of thioether (sulfide) groups is 1. The van der Waals surface area contributed by atoms with Crippen LogP contribution < -0.4 is 5.32 Å². The third-order valence-electron chi connectivity index (χ3n) is 4.11. The van der Waals surface area contributed by atoms with Gasteiger partial charge in [0.05, 0.1) is 18.4 Å². The number of hydrogen-bond acceptors (Lipinski definition) is 5. The second kappa shape index (κ2) is 5.38. The Labute approximate surface area is 137 Å². The molecule has 4 rings (SSSR count). The summed E-state index contributed by atoms with van der Waals surface area (Å²) < 4.78 is 0. The fraction of sp³-hybridized carbons (Fsp3) is 0.333. The first-order valence-corrected chi connectivity index (χ1v) is 8.52. The number of rotatable bonds is 3. The van der Waals surface area contributed by atoms with E-state index in [1.165, 1.54) is 9.70 Å². The molecule has 1 unspecified atom stereocenters. The van der Waals surface area contributed by atoms with Gasteiger partial charge in [0, 0.05) is 5.75 Å². The van der Waals surface area contributed by atoms with Gasteiger partial charge < -0.3 is 5.32 Å². The monoisotopic (exact) mass is 329 g/mol.